The van der Waals surface area contributed by atoms with Crippen LogP contribution in [-0.4, -0.2) is 11.9 Å². The molecule has 0 aliphatic rings. The van der Waals surface area contributed by atoms with Crippen LogP contribution in [0.2, 0.25) is 0 Å². The lowest BCUT2D eigenvalue weighted by atomic mass is 10.0. The highest BCUT2D eigenvalue weighted by molar-refractivity contribution is 5.80. The topological polar surface area (TPSA) is 69.1 Å². The molecule has 0 spiro atoms. The van der Waals surface area contributed by atoms with Crippen LogP contribution in [0.1, 0.15) is 6.92 Å². The zero-order chi connectivity index (χ0) is 7.44. The Balaban J connectivity index is 3.86. The molecule has 0 aromatic rings. The van der Waals surface area contributed by atoms with Gasteiger partial charge in [-0.05, 0) is 5.92 Å². The van der Waals surface area contributed by atoms with Gasteiger partial charge in [-0.1, -0.05) is 13.0 Å². The Labute approximate surface area is 54.7 Å². The molecule has 0 aromatic heterocycles. The van der Waals surface area contributed by atoms with Crippen molar-refractivity contribution < 1.29 is 4.79 Å². The first-order valence-corrected chi connectivity index (χ1v) is 2.77. The summed E-state index contributed by atoms with van der Waals surface area (Å²) in [6, 6.07) is -0.595. The van der Waals surface area contributed by atoms with Crippen molar-refractivity contribution >= 4 is 5.91 Å². The average Bonchev–Trinajstić information content (AvgIpc) is 1.84. The molecule has 0 saturated carbocycles. The average molecular weight is 128 g/mol. The quantitative estimate of drug-likeness (QED) is 0.509. The van der Waals surface area contributed by atoms with E-state index >= 15 is 0 Å². The van der Waals surface area contributed by atoms with Crippen LogP contribution in [0.4, 0.5) is 0 Å². The molecule has 3 nitrogen and oxygen atoms in total. The summed E-state index contributed by atoms with van der Waals surface area (Å²) in [7, 11) is 0. The molecule has 0 aromatic carbocycles. The Morgan fingerprint density at radius 2 is 2.22 bits per heavy atom. The first-order chi connectivity index (χ1) is 4.09. The molecule has 0 bridgehead atoms. The molecule has 0 saturated heterocycles. The van der Waals surface area contributed by atoms with E-state index in [2.05, 4.69) is 6.58 Å². The molecular weight excluding hydrogens is 116 g/mol. The number of hydrogen-bond donors (Lipinski definition) is 2. The second kappa shape index (κ2) is 3.25. The monoisotopic (exact) mass is 128 g/mol. The third-order valence-electron chi connectivity index (χ3n) is 1.27. The van der Waals surface area contributed by atoms with E-state index in [1.54, 1.807) is 13.0 Å². The first-order valence-electron chi connectivity index (χ1n) is 2.77. The van der Waals surface area contributed by atoms with Crippen LogP contribution < -0.4 is 11.5 Å². The molecule has 1 amide bonds. The van der Waals surface area contributed by atoms with Gasteiger partial charge < -0.3 is 11.5 Å². The molecule has 0 heterocycles. The number of hydrogen-bond acceptors (Lipinski definition) is 2. The predicted octanol–water partition coefficient (Wildman–Crippen LogP) is -0.379. The molecule has 0 aliphatic heterocycles. The maximum atomic E-state index is 10.3. The Morgan fingerprint density at radius 3 is 2.33 bits per heavy atom. The van der Waals surface area contributed by atoms with Crippen molar-refractivity contribution in [1.82, 2.24) is 0 Å². The second-order valence-electron chi connectivity index (χ2n) is 2.02. The highest BCUT2D eigenvalue weighted by Gasteiger charge is 2.13. The van der Waals surface area contributed by atoms with Crippen molar-refractivity contribution in [3.8, 4) is 0 Å². The van der Waals surface area contributed by atoms with Gasteiger partial charge in [0.2, 0.25) is 5.91 Å². The molecule has 52 valence electrons. The van der Waals surface area contributed by atoms with E-state index < -0.39 is 11.9 Å². The molecule has 3 heteroatoms. The Kier molecular flexibility index (Phi) is 2.95. The summed E-state index contributed by atoms with van der Waals surface area (Å²) < 4.78 is 0. The van der Waals surface area contributed by atoms with Gasteiger partial charge in [0, 0.05) is 0 Å². The molecule has 2 atom stereocenters. The number of carbonyl (C=O) groups is 1. The van der Waals surface area contributed by atoms with Gasteiger partial charge >= 0.3 is 0 Å². The molecule has 0 aliphatic carbocycles. The fourth-order valence-electron chi connectivity index (χ4n) is 0.406. The van der Waals surface area contributed by atoms with Gasteiger partial charge in [0.1, 0.15) is 0 Å². The molecular formula is C6H12N2O. The van der Waals surface area contributed by atoms with Crippen LogP contribution in [0.15, 0.2) is 12.7 Å². The van der Waals surface area contributed by atoms with E-state index in [0.717, 1.165) is 0 Å². The lowest BCUT2D eigenvalue weighted by molar-refractivity contribution is -0.119. The number of primary amides is 1. The zero-order valence-corrected chi connectivity index (χ0v) is 5.50. The highest BCUT2D eigenvalue weighted by Crippen LogP contribution is 1.98. The minimum atomic E-state index is -0.595. The molecule has 0 radical (unpaired) electrons. The Hall–Kier alpha value is -0.830. The van der Waals surface area contributed by atoms with Crippen LogP contribution in [0.5, 0.6) is 0 Å². The number of carbonyl (C=O) groups excluding carboxylic acids is 1. The van der Waals surface area contributed by atoms with E-state index in [1.807, 2.05) is 0 Å². The van der Waals surface area contributed by atoms with Crippen molar-refractivity contribution in [2.45, 2.75) is 13.0 Å². The number of rotatable bonds is 3. The first kappa shape index (κ1) is 8.17. The van der Waals surface area contributed by atoms with Crippen molar-refractivity contribution in [3.05, 3.63) is 12.7 Å². The van der Waals surface area contributed by atoms with Gasteiger partial charge in [0.25, 0.3) is 0 Å². The van der Waals surface area contributed by atoms with Gasteiger partial charge in [-0.25, -0.2) is 0 Å². The summed E-state index contributed by atoms with van der Waals surface area (Å²) in [4.78, 5) is 10.3. The van der Waals surface area contributed by atoms with Crippen molar-refractivity contribution in [2.24, 2.45) is 17.4 Å². The number of amides is 1. The summed E-state index contributed by atoms with van der Waals surface area (Å²) in [6.07, 6.45) is 1.61. The van der Waals surface area contributed by atoms with E-state index in [-0.39, 0.29) is 5.92 Å². The smallest absolute Gasteiger partial charge is 0.234 e. The Morgan fingerprint density at radius 1 is 1.78 bits per heavy atom. The van der Waals surface area contributed by atoms with Crippen LogP contribution in [0.25, 0.3) is 0 Å². The van der Waals surface area contributed by atoms with Crippen LogP contribution in [0.3, 0.4) is 0 Å². The maximum Gasteiger partial charge on any atom is 0.234 e. The van der Waals surface area contributed by atoms with Gasteiger partial charge in [-0.2, -0.15) is 0 Å². The lowest BCUT2D eigenvalue weighted by Crippen LogP contribution is -2.40. The third-order valence-corrected chi connectivity index (χ3v) is 1.27. The molecule has 0 fully saturated rings. The molecule has 9 heavy (non-hydrogen) atoms. The fourth-order valence-corrected chi connectivity index (χ4v) is 0.406. The predicted molar refractivity (Wildman–Crippen MR) is 36.5 cm³/mol. The molecule has 2 unspecified atom stereocenters. The number of nitrogens with two attached hydrogens (primary N) is 2. The van der Waals surface area contributed by atoms with Crippen molar-refractivity contribution in [1.29, 1.82) is 0 Å². The third kappa shape index (κ3) is 2.28. The van der Waals surface area contributed by atoms with E-state index in [9.17, 15) is 4.79 Å². The van der Waals surface area contributed by atoms with Crippen LogP contribution in [-0.2, 0) is 4.79 Å². The van der Waals surface area contributed by atoms with Crippen LogP contribution >= 0.6 is 0 Å². The summed E-state index contributed by atoms with van der Waals surface area (Å²) in [5.41, 5.74) is 10.2. The Bertz CT molecular complexity index is 122. The van der Waals surface area contributed by atoms with E-state index in [0.29, 0.717) is 0 Å². The molecule has 0 rings (SSSR count). The summed E-state index contributed by atoms with van der Waals surface area (Å²) in [5, 5.41) is 0. The fraction of sp³-hybridized carbons (Fsp3) is 0.500. The summed E-state index contributed by atoms with van der Waals surface area (Å²) in [5.74, 6) is -0.523. The van der Waals surface area contributed by atoms with Gasteiger partial charge in [-0.3, -0.25) is 4.79 Å². The standard InChI is InChI=1S/C6H12N2O/c1-3-4(2)5(7)6(8)9/h3-5H,1,7H2,2H3,(H2,8,9). The maximum absolute atomic E-state index is 10.3. The zero-order valence-electron chi connectivity index (χ0n) is 5.50. The van der Waals surface area contributed by atoms with Gasteiger partial charge in [0.05, 0.1) is 6.04 Å². The van der Waals surface area contributed by atoms with Crippen LogP contribution in [0, 0.1) is 5.92 Å². The normalized spacial score (nSPS) is 16.2. The minimum Gasteiger partial charge on any atom is -0.368 e. The highest BCUT2D eigenvalue weighted by atomic mass is 16.1. The van der Waals surface area contributed by atoms with Crippen molar-refractivity contribution in [3.63, 3.8) is 0 Å². The van der Waals surface area contributed by atoms with E-state index in [4.69, 9.17) is 11.5 Å². The SMILES string of the molecule is C=CC(C)C(N)C(N)=O. The van der Waals surface area contributed by atoms with Crippen molar-refractivity contribution in [2.75, 3.05) is 0 Å². The van der Waals surface area contributed by atoms with E-state index in [1.165, 1.54) is 0 Å². The largest absolute Gasteiger partial charge is 0.368 e. The lowest BCUT2D eigenvalue weighted by Gasteiger charge is -2.10. The summed E-state index contributed by atoms with van der Waals surface area (Å²) in [6.45, 7) is 5.27. The van der Waals surface area contributed by atoms with Gasteiger partial charge in [0.15, 0.2) is 0 Å². The van der Waals surface area contributed by atoms with Gasteiger partial charge in [-0.15, -0.1) is 6.58 Å². The molecule has 4 N–H and O–H groups in total. The summed E-state index contributed by atoms with van der Waals surface area (Å²) >= 11 is 0. The second-order valence-corrected chi connectivity index (χ2v) is 2.02. The minimum absolute atomic E-state index is 0.0394.